The zero-order valence-electron chi connectivity index (χ0n) is 10.4. The average Bonchev–Trinajstić information content (AvgIpc) is 2.91. The summed E-state index contributed by atoms with van der Waals surface area (Å²) in [6.45, 7) is 0.598. The Morgan fingerprint density at radius 3 is 3.00 bits per heavy atom. The predicted octanol–water partition coefficient (Wildman–Crippen LogP) is 2.81. The number of anilines is 1. The molecule has 2 aromatic heterocycles. The van der Waals surface area contributed by atoms with Crippen molar-refractivity contribution < 1.29 is 4.79 Å². The fourth-order valence-corrected chi connectivity index (χ4v) is 2.57. The summed E-state index contributed by atoms with van der Waals surface area (Å²) in [6, 6.07) is 3.66. The summed E-state index contributed by atoms with van der Waals surface area (Å²) in [7, 11) is 1.73. The number of amides is 1. The number of carbonyl (C=O) groups is 1. The molecule has 0 aliphatic carbocycles. The van der Waals surface area contributed by atoms with Gasteiger partial charge in [0.1, 0.15) is 5.82 Å². The Balaban J connectivity index is 1.91. The smallest absolute Gasteiger partial charge is 0.252 e. The van der Waals surface area contributed by atoms with Crippen LogP contribution >= 0.6 is 22.9 Å². The lowest BCUT2D eigenvalue weighted by Gasteiger charge is -2.06. The fraction of sp³-hybridized carbons (Fsp3) is 0.231. The van der Waals surface area contributed by atoms with Crippen LogP contribution < -0.4 is 10.6 Å². The normalized spacial score (nSPS) is 10.2. The first-order chi connectivity index (χ1) is 9.20. The number of nitrogens with one attached hydrogen (secondary N) is 2. The lowest BCUT2D eigenvalue weighted by atomic mass is 10.2. The minimum atomic E-state index is -0.160. The highest BCUT2D eigenvalue weighted by Gasteiger charge is 2.08. The highest BCUT2D eigenvalue weighted by Crippen LogP contribution is 2.19. The van der Waals surface area contributed by atoms with Gasteiger partial charge in [0, 0.05) is 19.8 Å². The van der Waals surface area contributed by atoms with E-state index < -0.39 is 0 Å². The third kappa shape index (κ3) is 3.68. The van der Waals surface area contributed by atoms with E-state index in [0.717, 1.165) is 6.42 Å². The SMILES string of the molecule is CNc1ncc(C(=O)NCCc2ccsc2)cc1Cl. The maximum absolute atomic E-state index is 11.9. The van der Waals surface area contributed by atoms with Gasteiger partial charge in [-0.25, -0.2) is 4.98 Å². The highest BCUT2D eigenvalue weighted by molar-refractivity contribution is 7.07. The first kappa shape index (κ1) is 13.8. The maximum atomic E-state index is 11.9. The van der Waals surface area contributed by atoms with Crippen molar-refractivity contribution >= 4 is 34.7 Å². The number of thiophene rings is 1. The molecule has 1 amide bonds. The monoisotopic (exact) mass is 295 g/mol. The number of rotatable bonds is 5. The van der Waals surface area contributed by atoms with E-state index in [9.17, 15) is 4.79 Å². The van der Waals surface area contributed by atoms with E-state index in [4.69, 9.17) is 11.6 Å². The van der Waals surface area contributed by atoms with Crippen molar-refractivity contribution in [3.05, 3.63) is 45.2 Å². The molecule has 0 aliphatic heterocycles. The van der Waals surface area contributed by atoms with E-state index >= 15 is 0 Å². The number of hydrogen-bond acceptors (Lipinski definition) is 4. The standard InChI is InChI=1S/C13H14ClN3OS/c1-15-12-11(14)6-10(7-17-12)13(18)16-4-2-9-3-5-19-8-9/h3,5-8H,2,4H2,1H3,(H,15,17)(H,16,18). The van der Waals surface area contributed by atoms with Crippen molar-refractivity contribution in [2.24, 2.45) is 0 Å². The third-order valence-electron chi connectivity index (χ3n) is 2.62. The van der Waals surface area contributed by atoms with Gasteiger partial charge >= 0.3 is 0 Å². The van der Waals surface area contributed by atoms with E-state index in [2.05, 4.69) is 27.1 Å². The zero-order chi connectivity index (χ0) is 13.7. The van der Waals surface area contributed by atoms with Crippen LogP contribution in [0.15, 0.2) is 29.1 Å². The number of halogens is 1. The summed E-state index contributed by atoms with van der Waals surface area (Å²) < 4.78 is 0. The Labute approximate surface area is 120 Å². The topological polar surface area (TPSA) is 54.0 Å². The van der Waals surface area contributed by atoms with Gasteiger partial charge in [-0.15, -0.1) is 0 Å². The van der Waals surface area contributed by atoms with E-state index in [1.54, 1.807) is 24.5 Å². The van der Waals surface area contributed by atoms with E-state index in [-0.39, 0.29) is 5.91 Å². The van der Waals surface area contributed by atoms with Crippen LogP contribution in [0.1, 0.15) is 15.9 Å². The van der Waals surface area contributed by atoms with Gasteiger partial charge in [-0.2, -0.15) is 11.3 Å². The minimum absolute atomic E-state index is 0.160. The molecule has 4 nitrogen and oxygen atoms in total. The van der Waals surface area contributed by atoms with Crippen molar-refractivity contribution in [3.63, 3.8) is 0 Å². The first-order valence-electron chi connectivity index (χ1n) is 5.83. The Morgan fingerprint density at radius 2 is 2.37 bits per heavy atom. The summed E-state index contributed by atoms with van der Waals surface area (Å²) in [5.41, 5.74) is 1.70. The van der Waals surface area contributed by atoms with Crippen LogP contribution in [-0.4, -0.2) is 24.5 Å². The Morgan fingerprint density at radius 1 is 1.53 bits per heavy atom. The van der Waals surface area contributed by atoms with Gasteiger partial charge in [0.2, 0.25) is 0 Å². The molecule has 0 unspecified atom stereocenters. The van der Waals surface area contributed by atoms with E-state index in [1.165, 1.54) is 11.8 Å². The number of carbonyl (C=O) groups excluding carboxylic acids is 1. The van der Waals surface area contributed by atoms with Crippen LogP contribution in [0.25, 0.3) is 0 Å². The molecular weight excluding hydrogens is 282 g/mol. The molecule has 0 saturated heterocycles. The van der Waals surface area contributed by atoms with Crippen molar-refractivity contribution in [3.8, 4) is 0 Å². The van der Waals surface area contributed by atoms with Gasteiger partial charge in [0.15, 0.2) is 0 Å². The van der Waals surface area contributed by atoms with Crippen LogP contribution in [0.5, 0.6) is 0 Å². The van der Waals surface area contributed by atoms with Crippen LogP contribution in [0.3, 0.4) is 0 Å². The van der Waals surface area contributed by atoms with Crippen LogP contribution in [0.4, 0.5) is 5.82 Å². The molecule has 0 fully saturated rings. The molecule has 6 heteroatoms. The largest absolute Gasteiger partial charge is 0.372 e. The minimum Gasteiger partial charge on any atom is -0.372 e. The number of aromatic nitrogens is 1. The van der Waals surface area contributed by atoms with Gasteiger partial charge in [0.05, 0.1) is 10.6 Å². The summed E-state index contributed by atoms with van der Waals surface area (Å²) in [5.74, 6) is 0.406. The van der Waals surface area contributed by atoms with Gasteiger partial charge in [-0.3, -0.25) is 4.79 Å². The molecule has 0 bridgehead atoms. The highest BCUT2D eigenvalue weighted by atomic mass is 35.5. The number of pyridine rings is 1. The second-order valence-electron chi connectivity index (χ2n) is 3.94. The summed E-state index contributed by atoms with van der Waals surface area (Å²) in [6.07, 6.45) is 2.34. The number of nitrogens with zero attached hydrogens (tertiary/aromatic N) is 1. The average molecular weight is 296 g/mol. The summed E-state index contributed by atoms with van der Waals surface area (Å²) in [4.78, 5) is 16.0. The molecule has 0 spiro atoms. The molecule has 2 rings (SSSR count). The molecule has 0 aliphatic rings. The third-order valence-corrected chi connectivity index (χ3v) is 3.64. The predicted molar refractivity (Wildman–Crippen MR) is 79.1 cm³/mol. The molecule has 100 valence electrons. The second kappa shape index (κ2) is 6.54. The molecular formula is C13H14ClN3OS. The van der Waals surface area contributed by atoms with Gasteiger partial charge in [0.25, 0.3) is 5.91 Å². The van der Waals surface area contributed by atoms with Crippen LogP contribution in [-0.2, 0) is 6.42 Å². The molecule has 0 atom stereocenters. The van der Waals surface area contributed by atoms with Crippen molar-refractivity contribution in [1.29, 1.82) is 0 Å². The van der Waals surface area contributed by atoms with Gasteiger partial charge in [-0.1, -0.05) is 11.6 Å². The van der Waals surface area contributed by atoms with Gasteiger partial charge in [-0.05, 0) is 34.9 Å². The van der Waals surface area contributed by atoms with Crippen molar-refractivity contribution in [1.82, 2.24) is 10.3 Å². The molecule has 2 N–H and O–H groups in total. The summed E-state index contributed by atoms with van der Waals surface area (Å²) in [5, 5.41) is 10.2. The molecule has 0 saturated carbocycles. The number of hydrogen-bond donors (Lipinski definition) is 2. The maximum Gasteiger partial charge on any atom is 0.252 e. The zero-order valence-corrected chi connectivity index (χ0v) is 12.0. The van der Waals surface area contributed by atoms with Crippen molar-refractivity contribution in [2.75, 3.05) is 18.9 Å². The quantitative estimate of drug-likeness (QED) is 0.892. The lowest BCUT2D eigenvalue weighted by molar-refractivity contribution is 0.0954. The van der Waals surface area contributed by atoms with Crippen LogP contribution in [0, 0.1) is 0 Å². The molecule has 2 aromatic rings. The van der Waals surface area contributed by atoms with E-state index in [0.29, 0.717) is 22.9 Å². The first-order valence-corrected chi connectivity index (χ1v) is 7.15. The molecule has 0 aromatic carbocycles. The molecule has 19 heavy (non-hydrogen) atoms. The van der Waals surface area contributed by atoms with Crippen LogP contribution in [0.2, 0.25) is 5.02 Å². The Hall–Kier alpha value is -1.59. The Kier molecular flexibility index (Phi) is 4.76. The Bertz CT molecular complexity index is 557. The van der Waals surface area contributed by atoms with Crippen molar-refractivity contribution in [2.45, 2.75) is 6.42 Å². The second-order valence-corrected chi connectivity index (χ2v) is 5.13. The summed E-state index contributed by atoms with van der Waals surface area (Å²) >= 11 is 7.64. The molecule has 0 radical (unpaired) electrons. The van der Waals surface area contributed by atoms with E-state index in [1.807, 2.05) is 5.38 Å². The molecule has 2 heterocycles. The van der Waals surface area contributed by atoms with Gasteiger partial charge < -0.3 is 10.6 Å². The lowest BCUT2D eigenvalue weighted by Crippen LogP contribution is -2.25. The fourth-order valence-electron chi connectivity index (χ4n) is 1.60.